The molecule has 0 aliphatic rings. The molecule has 0 aliphatic carbocycles. The van der Waals surface area contributed by atoms with E-state index in [2.05, 4.69) is 10.6 Å². The maximum absolute atomic E-state index is 12.1. The maximum Gasteiger partial charge on any atom is 0.224 e. The van der Waals surface area contributed by atoms with Crippen LogP contribution >= 0.6 is 11.6 Å². The van der Waals surface area contributed by atoms with Gasteiger partial charge in [0.05, 0.1) is 0 Å². The van der Waals surface area contributed by atoms with E-state index < -0.39 is 0 Å². The minimum Gasteiger partial charge on any atom is -0.326 e. The van der Waals surface area contributed by atoms with Gasteiger partial charge in [0.2, 0.25) is 11.8 Å². The molecule has 0 atom stereocenters. The van der Waals surface area contributed by atoms with E-state index in [1.165, 1.54) is 6.92 Å². The molecule has 2 aromatic carbocycles. The lowest BCUT2D eigenvalue weighted by atomic mass is 10.1. The molecule has 0 heterocycles. The minimum atomic E-state index is -0.143. The van der Waals surface area contributed by atoms with Gasteiger partial charge in [0.15, 0.2) is 0 Å². The molecule has 0 aromatic heterocycles. The molecule has 0 radical (unpaired) electrons. The zero-order valence-electron chi connectivity index (χ0n) is 13.2. The van der Waals surface area contributed by atoms with Crippen LogP contribution in [0.3, 0.4) is 0 Å². The molecule has 2 aromatic rings. The van der Waals surface area contributed by atoms with Crippen molar-refractivity contribution in [1.82, 2.24) is 0 Å². The van der Waals surface area contributed by atoms with Gasteiger partial charge in [-0.25, -0.2) is 0 Å². The van der Waals surface area contributed by atoms with Crippen molar-refractivity contribution < 1.29 is 9.59 Å². The highest BCUT2D eigenvalue weighted by atomic mass is 35.5. The molecule has 0 unspecified atom stereocenters. The number of anilines is 2. The molecule has 23 heavy (non-hydrogen) atoms. The van der Waals surface area contributed by atoms with Gasteiger partial charge >= 0.3 is 0 Å². The van der Waals surface area contributed by atoms with Crippen LogP contribution in [0, 0.1) is 6.92 Å². The fourth-order valence-corrected chi connectivity index (χ4v) is 2.49. The second-order valence-electron chi connectivity index (χ2n) is 5.30. The van der Waals surface area contributed by atoms with Crippen LogP contribution in [0.15, 0.2) is 42.5 Å². The van der Waals surface area contributed by atoms with E-state index >= 15 is 0 Å². The first kappa shape index (κ1) is 17.0. The van der Waals surface area contributed by atoms with Crippen molar-refractivity contribution in [3.8, 4) is 0 Å². The molecule has 5 heteroatoms. The van der Waals surface area contributed by atoms with Crippen molar-refractivity contribution in [2.45, 2.75) is 26.7 Å². The second-order valence-corrected chi connectivity index (χ2v) is 5.71. The Balaban J connectivity index is 2.00. The van der Waals surface area contributed by atoms with Gasteiger partial charge in [-0.15, -0.1) is 0 Å². The number of amides is 2. The quantitative estimate of drug-likeness (QED) is 0.864. The zero-order chi connectivity index (χ0) is 16.8. The molecular formula is C18H19ClN2O2. The molecule has 2 rings (SSSR count). The fraction of sp³-hybridized carbons (Fsp3) is 0.222. The number of benzene rings is 2. The van der Waals surface area contributed by atoms with Gasteiger partial charge in [0.1, 0.15) is 0 Å². The molecule has 120 valence electrons. The van der Waals surface area contributed by atoms with E-state index in [1.807, 2.05) is 37.3 Å². The first-order chi connectivity index (χ1) is 11.0. The van der Waals surface area contributed by atoms with Gasteiger partial charge < -0.3 is 10.6 Å². The summed E-state index contributed by atoms with van der Waals surface area (Å²) in [6.07, 6.45) is 0.920. The zero-order valence-corrected chi connectivity index (χ0v) is 13.9. The predicted octanol–water partition coefficient (Wildman–Crippen LogP) is 4.18. The van der Waals surface area contributed by atoms with Gasteiger partial charge in [-0.1, -0.05) is 35.9 Å². The van der Waals surface area contributed by atoms with Gasteiger partial charge in [-0.05, 0) is 42.7 Å². The summed E-state index contributed by atoms with van der Waals surface area (Å²) >= 11 is 6.09. The normalized spacial score (nSPS) is 10.2. The van der Waals surface area contributed by atoms with E-state index in [-0.39, 0.29) is 11.8 Å². The van der Waals surface area contributed by atoms with Gasteiger partial charge in [-0.3, -0.25) is 9.59 Å². The predicted molar refractivity (Wildman–Crippen MR) is 93.9 cm³/mol. The van der Waals surface area contributed by atoms with E-state index in [0.29, 0.717) is 29.2 Å². The summed E-state index contributed by atoms with van der Waals surface area (Å²) in [6.45, 7) is 3.31. The topological polar surface area (TPSA) is 58.2 Å². The Morgan fingerprint density at radius 3 is 2.30 bits per heavy atom. The number of halogens is 1. The smallest absolute Gasteiger partial charge is 0.224 e. The van der Waals surface area contributed by atoms with Crippen molar-refractivity contribution in [3.05, 3.63) is 58.6 Å². The fourth-order valence-electron chi connectivity index (χ4n) is 2.26. The summed E-state index contributed by atoms with van der Waals surface area (Å²) in [4.78, 5) is 23.3. The largest absolute Gasteiger partial charge is 0.326 e. The van der Waals surface area contributed by atoms with E-state index in [9.17, 15) is 9.59 Å². The number of rotatable bonds is 5. The maximum atomic E-state index is 12.1. The standard InChI is InChI=1S/C18H19ClN2O2/c1-12-16(20-13(2)22)8-5-9-17(12)21-18(23)11-10-14-6-3-4-7-15(14)19/h3-9H,10-11H2,1-2H3,(H,20,22)(H,21,23). The average Bonchev–Trinajstić information content (AvgIpc) is 2.50. The summed E-state index contributed by atoms with van der Waals surface area (Å²) in [6, 6.07) is 12.9. The average molecular weight is 331 g/mol. The number of carbonyl (C=O) groups excluding carboxylic acids is 2. The van der Waals surface area contributed by atoms with Crippen LogP contribution in [-0.4, -0.2) is 11.8 Å². The number of nitrogens with one attached hydrogen (secondary N) is 2. The Hall–Kier alpha value is -2.33. The van der Waals surface area contributed by atoms with Crippen molar-refractivity contribution >= 4 is 34.8 Å². The Morgan fingerprint density at radius 1 is 1.00 bits per heavy atom. The summed E-state index contributed by atoms with van der Waals surface area (Å²) < 4.78 is 0. The summed E-state index contributed by atoms with van der Waals surface area (Å²) in [5.74, 6) is -0.233. The van der Waals surface area contributed by atoms with Crippen molar-refractivity contribution in [2.75, 3.05) is 10.6 Å². The number of aryl methyl sites for hydroxylation is 1. The van der Waals surface area contributed by atoms with Crippen LogP contribution in [0.1, 0.15) is 24.5 Å². The molecule has 0 aliphatic heterocycles. The molecule has 0 fully saturated rings. The lowest BCUT2D eigenvalue weighted by Gasteiger charge is -2.13. The first-order valence-electron chi connectivity index (χ1n) is 7.38. The Bertz CT molecular complexity index is 729. The monoisotopic (exact) mass is 330 g/mol. The SMILES string of the molecule is CC(=O)Nc1cccc(NC(=O)CCc2ccccc2Cl)c1C. The third-order valence-electron chi connectivity index (χ3n) is 3.50. The van der Waals surface area contributed by atoms with Crippen molar-refractivity contribution in [2.24, 2.45) is 0 Å². The second kappa shape index (κ2) is 7.79. The van der Waals surface area contributed by atoms with Gasteiger partial charge in [0.25, 0.3) is 0 Å². The summed E-state index contributed by atoms with van der Waals surface area (Å²) in [5.41, 5.74) is 3.17. The number of hydrogen-bond donors (Lipinski definition) is 2. The molecule has 0 bridgehead atoms. The Labute approximate surface area is 140 Å². The number of carbonyl (C=O) groups is 2. The van der Waals surface area contributed by atoms with Crippen LogP contribution in [0.2, 0.25) is 5.02 Å². The molecule has 2 amide bonds. The van der Waals surface area contributed by atoms with E-state index in [4.69, 9.17) is 11.6 Å². The molecular weight excluding hydrogens is 312 g/mol. The van der Waals surface area contributed by atoms with E-state index in [1.54, 1.807) is 12.1 Å². The highest BCUT2D eigenvalue weighted by molar-refractivity contribution is 6.31. The summed E-state index contributed by atoms with van der Waals surface area (Å²) in [5, 5.41) is 6.30. The molecule has 0 saturated carbocycles. The van der Waals surface area contributed by atoms with Gasteiger partial charge in [-0.2, -0.15) is 0 Å². The van der Waals surface area contributed by atoms with Crippen LogP contribution in [0.25, 0.3) is 0 Å². The minimum absolute atomic E-state index is 0.0898. The number of hydrogen-bond acceptors (Lipinski definition) is 2. The van der Waals surface area contributed by atoms with Crippen LogP contribution in [-0.2, 0) is 16.0 Å². The highest BCUT2D eigenvalue weighted by Gasteiger charge is 2.09. The molecule has 0 saturated heterocycles. The third-order valence-corrected chi connectivity index (χ3v) is 3.87. The lowest BCUT2D eigenvalue weighted by Crippen LogP contribution is -2.14. The highest BCUT2D eigenvalue weighted by Crippen LogP contribution is 2.24. The van der Waals surface area contributed by atoms with E-state index in [0.717, 1.165) is 11.1 Å². The molecule has 2 N–H and O–H groups in total. The van der Waals surface area contributed by atoms with Crippen molar-refractivity contribution in [3.63, 3.8) is 0 Å². The Kier molecular flexibility index (Phi) is 5.77. The Morgan fingerprint density at radius 2 is 1.65 bits per heavy atom. The third kappa shape index (κ3) is 4.83. The molecule has 4 nitrogen and oxygen atoms in total. The summed E-state index contributed by atoms with van der Waals surface area (Å²) in [7, 11) is 0. The van der Waals surface area contributed by atoms with Crippen LogP contribution in [0.4, 0.5) is 11.4 Å². The van der Waals surface area contributed by atoms with Crippen molar-refractivity contribution in [1.29, 1.82) is 0 Å². The lowest BCUT2D eigenvalue weighted by molar-refractivity contribution is -0.116. The van der Waals surface area contributed by atoms with Gasteiger partial charge in [0, 0.05) is 29.7 Å². The molecule has 0 spiro atoms. The van der Waals surface area contributed by atoms with Crippen LogP contribution < -0.4 is 10.6 Å². The van der Waals surface area contributed by atoms with Crippen LogP contribution in [0.5, 0.6) is 0 Å². The first-order valence-corrected chi connectivity index (χ1v) is 7.75.